The van der Waals surface area contributed by atoms with E-state index < -0.39 is 0 Å². The smallest absolute Gasteiger partial charge is 0.275 e. The lowest BCUT2D eigenvalue weighted by Gasteiger charge is -2.13. The summed E-state index contributed by atoms with van der Waals surface area (Å²) >= 11 is 0. The second-order valence-corrected chi connectivity index (χ2v) is 3.97. The summed E-state index contributed by atoms with van der Waals surface area (Å²) < 4.78 is 1.74. The SMILES string of the molecule is CON(C)C(=O)c1ccc(-c2cnn(C)c2)cc1. The lowest BCUT2D eigenvalue weighted by Crippen LogP contribution is -2.25. The molecule has 0 aliphatic heterocycles. The van der Waals surface area contributed by atoms with Gasteiger partial charge in [-0.1, -0.05) is 12.1 Å². The van der Waals surface area contributed by atoms with Crippen molar-refractivity contribution in [1.82, 2.24) is 14.8 Å². The third kappa shape index (κ3) is 2.41. The Morgan fingerprint density at radius 1 is 1.28 bits per heavy atom. The summed E-state index contributed by atoms with van der Waals surface area (Å²) in [5, 5.41) is 5.31. The highest BCUT2D eigenvalue weighted by Gasteiger charge is 2.11. The van der Waals surface area contributed by atoms with Crippen LogP contribution in [-0.2, 0) is 11.9 Å². The van der Waals surface area contributed by atoms with Crippen LogP contribution in [0.15, 0.2) is 36.7 Å². The Morgan fingerprint density at radius 2 is 1.94 bits per heavy atom. The van der Waals surface area contributed by atoms with E-state index in [0.29, 0.717) is 5.56 Å². The molecule has 94 valence electrons. The summed E-state index contributed by atoms with van der Waals surface area (Å²) in [6, 6.07) is 7.35. The molecular weight excluding hydrogens is 230 g/mol. The van der Waals surface area contributed by atoms with Crippen LogP contribution in [0.25, 0.3) is 11.1 Å². The van der Waals surface area contributed by atoms with Gasteiger partial charge in [0.2, 0.25) is 0 Å². The number of hydrogen-bond acceptors (Lipinski definition) is 3. The van der Waals surface area contributed by atoms with E-state index in [0.717, 1.165) is 11.1 Å². The normalized spacial score (nSPS) is 10.4. The van der Waals surface area contributed by atoms with E-state index in [4.69, 9.17) is 4.84 Å². The highest BCUT2D eigenvalue weighted by molar-refractivity contribution is 5.93. The first-order valence-corrected chi connectivity index (χ1v) is 5.53. The largest absolute Gasteiger partial charge is 0.277 e. The van der Waals surface area contributed by atoms with Crippen molar-refractivity contribution in [2.45, 2.75) is 0 Å². The monoisotopic (exact) mass is 245 g/mol. The van der Waals surface area contributed by atoms with E-state index in [9.17, 15) is 4.79 Å². The third-order valence-corrected chi connectivity index (χ3v) is 2.73. The van der Waals surface area contributed by atoms with Gasteiger partial charge in [0, 0.05) is 31.4 Å². The van der Waals surface area contributed by atoms with Crippen LogP contribution in [-0.4, -0.2) is 34.9 Å². The van der Waals surface area contributed by atoms with Gasteiger partial charge >= 0.3 is 0 Å². The fraction of sp³-hybridized carbons (Fsp3) is 0.231. The fourth-order valence-corrected chi connectivity index (χ4v) is 1.64. The second kappa shape index (κ2) is 5.01. The van der Waals surface area contributed by atoms with Crippen molar-refractivity contribution in [1.29, 1.82) is 0 Å². The van der Waals surface area contributed by atoms with Gasteiger partial charge in [0.1, 0.15) is 0 Å². The van der Waals surface area contributed by atoms with Gasteiger partial charge < -0.3 is 0 Å². The third-order valence-electron chi connectivity index (χ3n) is 2.73. The van der Waals surface area contributed by atoms with Gasteiger partial charge in [-0.05, 0) is 17.7 Å². The Balaban J connectivity index is 2.23. The molecule has 1 amide bonds. The first kappa shape index (κ1) is 12.3. The average molecular weight is 245 g/mol. The first-order chi connectivity index (χ1) is 8.61. The Labute approximate surface area is 106 Å². The van der Waals surface area contributed by atoms with Crippen LogP contribution in [0.3, 0.4) is 0 Å². The van der Waals surface area contributed by atoms with Crippen LogP contribution < -0.4 is 0 Å². The van der Waals surface area contributed by atoms with E-state index in [-0.39, 0.29) is 5.91 Å². The molecular formula is C13H15N3O2. The Bertz CT molecular complexity index is 546. The van der Waals surface area contributed by atoms with E-state index in [1.165, 1.54) is 12.2 Å². The average Bonchev–Trinajstić information content (AvgIpc) is 2.84. The number of carbonyl (C=O) groups is 1. The molecule has 0 N–H and O–H groups in total. The summed E-state index contributed by atoms with van der Waals surface area (Å²) in [6.45, 7) is 0. The molecule has 0 aliphatic rings. The molecule has 0 unspecified atom stereocenters. The molecule has 18 heavy (non-hydrogen) atoms. The predicted molar refractivity (Wildman–Crippen MR) is 67.7 cm³/mol. The first-order valence-electron chi connectivity index (χ1n) is 5.53. The van der Waals surface area contributed by atoms with E-state index in [1.807, 2.05) is 25.4 Å². The van der Waals surface area contributed by atoms with Crippen molar-refractivity contribution in [3.8, 4) is 11.1 Å². The van der Waals surface area contributed by atoms with Crippen molar-refractivity contribution in [2.24, 2.45) is 7.05 Å². The van der Waals surface area contributed by atoms with Crippen LogP contribution in [0.2, 0.25) is 0 Å². The number of hydrogen-bond donors (Lipinski definition) is 0. The van der Waals surface area contributed by atoms with Crippen molar-refractivity contribution >= 4 is 5.91 Å². The number of benzene rings is 1. The van der Waals surface area contributed by atoms with Crippen molar-refractivity contribution in [3.05, 3.63) is 42.2 Å². The minimum Gasteiger partial charge on any atom is -0.275 e. The summed E-state index contributed by atoms with van der Waals surface area (Å²) in [5.74, 6) is -0.171. The molecule has 0 atom stereocenters. The van der Waals surface area contributed by atoms with Crippen molar-refractivity contribution in [3.63, 3.8) is 0 Å². The van der Waals surface area contributed by atoms with Crippen LogP contribution in [0, 0.1) is 0 Å². The second-order valence-electron chi connectivity index (χ2n) is 3.97. The lowest BCUT2D eigenvalue weighted by atomic mass is 10.1. The molecule has 0 saturated carbocycles. The van der Waals surface area contributed by atoms with Gasteiger partial charge in [0.25, 0.3) is 5.91 Å². The van der Waals surface area contributed by atoms with Crippen LogP contribution in [0.4, 0.5) is 0 Å². The van der Waals surface area contributed by atoms with Gasteiger partial charge in [-0.2, -0.15) is 5.10 Å². The number of aromatic nitrogens is 2. The highest BCUT2D eigenvalue weighted by atomic mass is 16.7. The molecule has 5 nitrogen and oxygen atoms in total. The minimum atomic E-state index is -0.171. The molecule has 2 rings (SSSR count). The van der Waals surface area contributed by atoms with Crippen LogP contribution >= 0.6 is 0 Å². The summed E-state index contributed by atoms with van der Waals surface area (Å²) in [7, 11) is 4.91. The predicted octanol–water partition coefficient (Wildman–Crippen LogP) is 1.72. The van der Waals surface area contributed by atoms with E-state index in [2.05, 4.69) is 5.10 Å². The number of hydroxylamine groups is 2. The van der Waals surface area contributed by atoms with Gasteiger partial charge in [-0.25, -0.2) is 5.06 Å². The summed E-state index contributed by atoms with van der Waals surface area (Å²) in [4.78, 5) is 16.7. The molecule has 5 heteroatoms. The fourth-order valence-electron chi connectivity index (χ4n) is 1.64. The summed E-state index contributed by atoms with van der Waals surface area (Å²) in [5.41, 5.74) is 2.64. The Hall–Kier alpha value is -2.14. The highest BCUT2D eigenvalue weighted by Crippen LogP contribution is 2.19. The van der Waals surface area contributed by atoms with Crippen molar-refractivity contribution in [2.75, 3.05) is 14.2 Å². The van der Waals surface area contributed by atoms with E-state index >= 15 is 0 Å². The van der Waals surface area contributed by atoms with Gasteiger partial charge in [0.15, 0.2) is 0 Å². The molecule has 0 fully saturated rings. The summed E-state index contributed by atoms with van der Waals surface area (Å²) in [6.07, 6.45) is 3.72. The van der Waals surface area contributed by atoms with Gasteiger partial charge in [-0.3, -0.25) is 14.3 Å². The van der Waals surface area contributed by atoms with Gasteiger partial charge in [-0.15, -0.1) is 0 Å². The number of carbonyl (C=O) groups excluding carboxylic acids is 1. The van der Waals surface area contributed by atoms with Crippen LogP contribution in [0.1, 0.15) is 10.4 Å². The molecule has 1 aromatic heterocycles. The standard InChI is InChI=1S/C13H15N3O2/c1-15-9-12(8-14-15)10-4-6-11(7-5-10)13(17)16(2)18-3/h4-9H,1-3H3. The minimum absolute atomic E-state index is 0.171. The van der Waals surface area contributed by atoms with Crippen LogP contribution in [0.5, 0.6) is 0 Å². The Kier molecular flexibility index (Phi) is 3.43. The molecule has 0 saturated heterocycles. The number of nitrogens with zero attached hydrogens (tertiary/aromatic N) is 3. The lowest BCUT2D eigenvalue weighted by molar-refractivity contribution is -0.0756. The Morgan fingerprint density at radius 3 is 2.44 bits per heavy atom. The number of amides is 1. The molecule has 0 spiro atoms. The van der Waals surface area contributed by atoms with E-state index in [1.54, 1.807) is 30.1 Å². The maximum Gasteiger partial charge on any atom is 0.277 e. The maximum atomic E-state index is 11.8. The zero-order chi connectivity index (χ0) is 13.1. The molecule has 0 aliphatic carbocycles. The quantitative estimate of drug-likeness (QED) is 0.773. The van der Waals surface area contributed by atoms with Gasteiger partial charge in [0.05, 0.1) is 13.3 Å². The number of aryl methyl sites for hydroxylation is 1. The topological polar surface area (TPSA) is 47.4 Å². The molecule has 0 radical (unpaired) electrons. The molecule has 0 bridgehead atoms. The maximum absolute atomic E-state index is 11.8. The zero-order valence-electron chi connectivity index (χ0n) is 10.6. The molecule has 1 aromatic carbocycles. The zero-order valence-corrected chi connectivity index (χ0v) is 10.6. The molecule has 2 aromatic rings. The number of rotatable bonds is 3. The van der Waals surface area contributed by atoms with Crippen molar-refractivity contribution < 1.29 is 9.63 Å². The molecule has 1 heterocycles.